The van der Waals surface area contributed by atoms with E-state index in [9.17, 15) is 4.79 Å². The van der Waals surface area contributed by atoms with E-state index in [1.807, 2.05) is 51.3 Å². The van der Waals surface area contributed by atoms with Gasteiger partial charge < -0.3 is 4.57 Å². The van der Waals surface area contributed by atoms with Crippen molar-refractivity contribution in [1.29, 1.82) is 0 Å². The summed E-state index contributed by atoms with van der Waals surface area (Å²) in [4.78, 5) is 12.7. The molecule has 2 aromatic heterocycles. The van der Waals surface area contributed by atoms with Crippen LogP contribution in [-0.2, 0) is 0 Å². The minimum atomic E-state index is -0.0316. The van der Waals surface area contributed by atoms with Crippen LogP contribution in [0.4, 0.5) is 0 Å². The number of hydrogen-bond donors (Lipinski definition) is 1. The molecule has 2 heterocycles. The summed E-state index contributed by atoms with van der Waals surface area (Å²) in [6, 6.07) is 4.01. The molecule has 0 aliphatic heterocycles. The molecule has 0 bridgehead atoms. The molecule has 0 aromatic carbocycles. The fourth-order valence-electron chi connectivity index (χ4n) is 2.43. The van der Waals surface area contributed by atoms with Gasteiger partial charge in [-0.2, -0.15) is 5.10 Å². The van der Waals surface area contributed by atoms with Gasteiger partial charge in [-0.25, -0.2) is 0 Å². The average Bonchev–Trinajstić information content (AvgIpc) is 2.70. The van der Waals surface area contributed by atoms with E-state index >= 15 is 0 Å². The zero-order valence-electron chi connectivity index (χ0n) is 12.5. The molecule has 0 fully saturated rings. The Bertz CT molecular complexity index is 736. The molecule has 0 saturated heterocycles. The van der Waals surface area contributed by atoms with Crippen molar-refractivity contribution >= 4 is 12.2 Å². The number of pyridine rings is 1. The Morgan fingerprint density at radius 2 is 1.75 bits per heavy atom. The lowest BCUT2D eigenvalue weighted by atomic mass is 10.2. The Morgan fingerprint density at radius 1 is 1.15 bits per heavy atom. The van der Waals surface area contributed by atoms with Crippen molar-refractivity contribution in [2.45, 2.75) is 46.7 Å². The maximum Gasteiger partial charge on any atom is 0.262 e. The number of aromatic nitrogens is 4. The van der Waals surface area contributed by atoms with Crippen molar-refractivity contribution in [3.8, 4) is 11.4 Å². The molecule has 2 aromatic rings. The van der Waals surface area contributed by atoms with Crippen molar-refractivity contribution in [3.05, 3.63) is 33.0 Å². The highest BCUT2D eigenvalue weighted by Gasteiger charge is 2.17. The molecule has 0 aliphatic rings. The summed E-state index contributed by atoms with van der Waals surface area (Å²) in [5, 5.41) is 7.01. The van der Waals surface area contributed by atoms with Crippen LogP contribution >= 0.6 is 12.2 Å². The zero-order chi connectivity index (χ0) is 15.0. The molecule has 1 N–H and O–H groups in total. The number of H-pyrrole nitrogens is 1. The first-order valence-electron chi connectivity index (χ1n) is 6.74. The summed E-state index contributed by atoms with van der Waals surface area (Å²) >= 11 is 5.24. The average molecular weight is 292 g/mol. The number of nitrogens with zero attached hydrogens (tertiary/aromatic N) is 3. The molecule has 0 amide bonds. The molecule has 0 saturated carbocycles. The van der Waals surface area contributed by atoms with Crippen LogP contribution in [0.3, 0.4) is 0 Å². The summed E-state index contributed by atoms with van der Waals surface area (Å²) in [6.07, 6.45) is 0. The molecule has 0 radical (unpaired) electrons. The van der Waals surface area contributed by atoms with Gasteiger partial charge in [0, 0.05) is 17.8 Å². The fraction of sp³-hybridized carbons (Fsp3) is 0.500. The predicted molar refractivity (Wildman–Crippen MR) is 82.6 cm³/mol. The second-order valence-corrected chi connectivity index (χ2v) is 5.86. The van der Waals surface area contributed by atoms with E-state index in [4.69, 9.17) is 12.2 Å². The second-order valence-electron chi connectivity index (χ2n) is 5.47. The summed E-state index contributed by atoms with van der Waals surface area (Å²) in [7, 11) is 0. The Kier molecular flexibility index (Phi) is 3.94. The monoisotopic (exact) mass is 292 g/mol. The molecule has 20 heavy (non-hydrogen) atoms. The van der Waals surface area contributed by atoms with Crippen molar-refractivity contribution in [3.63, 3.8) is 0 Å². The van der Waals surface area contributed by atoms with Gasteiger partial charge in [-0.15, -0.1) is 0 Å². The van der Waals surface area contributed by atoms with Crippen molar-refractivity contribution < 1.29 is 0 Å². The summed E-state index contributed by atoms with van der Waals surface area (Å²) in [6.45, 7) is 9.97. The first-order chi connectivity index (χ1) is 9.34. The van der Waals surface area contributed by atoms with Crippen LogP contribution in [0.1, 0.15) is 45.5 Å². The Morgan fingerprint density at radius 3 is 2.30 bits per heavy atom. The first kappa shape index (κ1) is 14.7. The third-order valence-corrected chi connectivity index (χ3v) is 3.59. The molecular weight excluding hydrogens is 272 g/mol. The standard InChI is InChI=1S/C14H20N4OS/c1-8(2)17-10(5)6-7-11(13(17)19)12-15-16-14(20)18(12)9(3)4/h6-9H,1-5H3,(H,16,20). The maximum absolute atomic E-state index is 12.7. The molecule has 2 rings (SSSR count). The van der Waals surface area contributed by atoms with E-state index in [1.165, 1.54) is 0 Å². The number of nitrogens with one attached hydrogen (secondary N) is 1. The van der Waals surface area contributed by atoms with Gasteiger partial charge in [-0.05, 0) is 59.0 Å². The lowest BCUT2D eigenvalue weighted by molar-refractivity contribution is 0.560. The lowest BCUT2D eigenvalue weighted by Crippen LogP contribution is -2.26. The van der Waals surface area contributed by atoms with Gasteiger partial charge in [-0.1, -0.05) is 0 Å². The topological polar surface area (TPSA) is 55.6 Å². The normalized spacial score (nSPS) is 11.6. The Labute approximate surface area is 123 Å². The van der Waals surface area contributed by atoms with Crippen molar-refractivity contribution in [2.24, 2.45) is 0 Å². The van der Waals surface area contributed by atoms with Crippen LogP contribution < -0.4 is 5.56 Å². The van der Waals surface area contributed by atoms with E-state index < -0.39 is 0 Å². The van der Waals surface area contributed by atoms with Gasteiger partial charge in [0.05, 0.1) is 5.56 Å². The maximum atomic E-state index is 12.7. The van der Waals surface area contributed by atoms with Crippen LogP contribution in [0.15, 0.2) is 16.9 Å². The molecule has 0 atom stereocenters. The molecular formula is C14H20N4OS. The Balaban J connectivity index is 2.76. The van der Waals surface area contributed by atoms with Gasteiger partial charge in [0.1, 0.15) is 0 Å². The van der Waals surface area contributed by atoms with Gasteiger partial charge in [0.15, 0.2) is 10.6 Å². The van der Waals surface area contributed by atoms with Crippen molar-refractivity contribution in [2.75, 3.05) is 0 Å². The van der Waals surface area contributed by atoms with E-state index in [2.05, 4.69) is 10.2 Å². The van der Waals surface area contributed by atoms with Crippen LogP contribution in [0.2, 0.25) is 0 Å². The van der Waals surface area contributed by atoms with E-state index in [-0.39, 0.29) is 17.6 Å². The van der Waals surface area contributed by atoms with Gasteiger partial charge in [0.2, 0.25) is 0 Å². The van der Waals surface area contributed by atoms with Crippen LogP contribution in [-0.4, -0.2) is 19.3 Å². The zero-order valence-corrected chi connectivity index (χ0v) is 13.3. The van der Waals surface area contributed by atoms with Gasteiger partial charge >= 0.3 is 0 Å². The smallest absolute Gasteiger partial charge is 0.262 e. The molecule has 5 nitrogen and oxygen atoms in total. The largest absolute Gasteiger partial charge is 0.310 e. The molecule has 6 heteroatoms. The van der Waals surface area contributed by atoms with E-state index in [1.54, 1.807) is 4.57 Å². The van der Waals surface area contributed by atoms with Crippen LogP contribution in [0, 0.1) is 11.7 Å². The van der Waals surface area contributed by atoms with E-state index in [0.717, 1.165) is 5.69 Å². The second kappa shape index (κ2) is 5.36. The van der Waals surface area contributed by atoms with Gasteiger partial charge in [-0.3, -0.25) is 14.5 Å². The summed E-state index contributed by atoms with van der Waals surface area (Å²) < 4.78 is 4.18. The third-order valence-electron chi connectivity index (χ3n) is 3.30. The highest BCUT2D eigenvalue weighted by atomic mass is 32.1. The molecule has 0 spiro atoms. The third kappa shape index (κ3) is 2.35. The van der Waals surface area contributed by atoms with E-state index in [0.29, 0.717) is 16.2 Å². The minimum Gasteiger partial charge on any atom is -0.310 e. The quantitative estimate of drug-likeness (QED) is 0.884. The summed E-state index contributed by atoms with van der Waals surface area (Å²) in [5.41, 5.74) is 1.49. The SMILES string of the molecule is Cc1ccc(-c2n[nH]c(=S)n2C(C)C)c(=O)n1C(C)C. The lowest BCUT2D eigenvalue weighted by Gasteiger charge is -2.16. The van der Waals surface area contributed by atoms with Crippen molar-refractivity contribution in [1.82, 2.24) is 19.3 Å². The fourth-order valence-corrected chi connectivity index (χ4v) is 2.77. The molecule has 108 valence electrons. The number of aryl methyl sites for hydroxylation is 1. The van der Waals surface area contributed by atoms with Crippen LogP contribution in [0.5, 0.6) is 0 Å². The highest BCUT2D eigenvalue weighted by Crippen LogP contribution is 2.19. The minimum absolute atomic E-state index is 0.0316. The number of hydrogen-bond acceptors (Lipinski definition) is 3. The van der Waals surface area contributed by atoms with Crippen LogP contribution in [0.25, 0.3) is 11.4 Å². The molecule has 0 unspecified atom stereocenters. The predicted octanol–water partition coefficient (Wildman–Crippen LogP) is 3.24. The number of rotatable bonds is 3. The number of aromatic amines is 1. The highest BCUT2D eigenvalue weighted by molar-refractivity contribution is 7.71. The molecule has 0 aliphatic carbocycles. The summed E-state index contributed by atoms with van der Waals surface area (Å²) in [5.74, 6) is 0.601. The first-order valence-corrected chi connectivity index (χ1v) is 7.14. The van der Waals surface area contributed by atoms with Gasteiger partial charge in [0.25, 0.3) is 5.56 Å². The Hall–Kier alpha value is -1.69.